The molecule has 0 aliphatic carbocycles. The fourth-order valence-corrected chi connectivity index (χ4v) is 3.58. The van der Waals surface area contributed by atoms with Crippen LogP contribution in [0.1, 0.15) is 51.3 Å². The molecule has 1 aliphatic heterocycles. The van der Waals surface area contributed by atoms with E-state index in [0.29, 0.717) is 0 Å². The maximum Gasteiger partial charge on any atom is 0.128 e. The summed E-state index contributed by atoms with van der Waals surface area (Å²) < 4.78 is 6.34. The largest absolute Gasteiger partial charge is 0.487 e. The van der Waals surface area contributed by atoms with Gasteiger partial charge in [0.15, 0.2) is 0 Å². The van der Waals surface area contributed by atoms with E-state index in [9.17, 15) is 0 Å². The molecule has 106 valence electrons. The van der Waals surface area contributed by atoms with Crippen LogP contribution >= 0.6 is 0 Å². The normalized spacial score (nSPS) is 17.1. The molecule has 0 saturated carbocycles. The standard InChI is InChI=1S/C19H24O/c1-12-13-9-7-8-10-14(13)15-11-19(5,6)20-17(15)16(12)18(2,3)4/h7-10H,11H2,1-6H3. The summed E-state index contributed by atoms with van der Waals surface area (Å²) in [6.07, 6.45) is 0.992. The Hall–Kier alpha value is -1.50. The third-order valence-electron chi connectivity index (χ3n) is 4.26. The summed E-state index contributed by atoms with van der Waals surface area (Å²) in [7, 11) is 0. The summed E-state index contributed by atoms with van der Waals surface area (Å²) in [6.45, 7) is 13.4. The molecule has 1 heterocycles. The molecule has 0 bridgehead atoms. The van der Waals surface area contributed by atoms with E-state index in [1.807, 2.05) is 0 Å². The zero-order valence-electron chi connectivity index (χ0n) is 13.4. The first kappa shape index (κ1) is 13.5. The number of hydrogen-bond donors (Lipinski definition) is 0. The maximum atomic E-state index is 6.34. The summed E-state index contributed by atoms with van der Waals surface area (Å²) in [5.41, 5.74) is 4.12. The molecule has 0 atom stereocenters. The molecule has 0 unspecified atom stereocenters. The lowest BCUT2D eigenvalue weighted by Gasteiger charge is -2.27. The molecule has 0 fully saturated rings. The predicted molar refractivity (Wildman–Crippen MR) is 85.8 cm³/mol. The molecule has 2 aromatic rings. The molecule has 0 N–H and O–H groups in total. The van der Waals surface area contributed by atoms with Crippen LogP contribution in [0.25, 0.3) is 10.8 Å². The Morgan fingerprint density at radius 3 is 2.25 bits per heavy atom. The van der Waals surface area contributed by atoms with Crippen molar-refractivity contribution in [2.24, 2.45) is 0 Å². The average Bonchev–Trinajstić information content (AvgIpc) is 2.63. The number of benzene rings is 2. The van der Waals surface area contributed by atoms with Gasteiger partial charge in [0.25, 0.3) is 0 Å². The fraction of sp³-hybridized carbons (Fsp3) is 0.474. The molecule has 2 aromatic carbocycles. The van der Waals surface area contributed by atoms with Crippen molar-refractivity contribution in [2.75, 3.05) is 0 Å². The van der Waals surface area contributed by atoms with E-state index in [2.05, 4.69) is 65.8 Å². The quantitative estimate of drug-likeness (QED) is 0.641. The molecule has 20 heavy (non-hydrogen) atoms. The predicted octanol–water partition coefficient (Wildman–Crippen LogP) is 5.16. The highest BCUT2D eigenvalue weighted by molar-refractivity contribution is 5.93. The minimum absolute atomic E-state index is 0.0959. The molecule has 3 rings (SSSR count). The molecule has 0 saturated heterocycles. The van der Waals surface area contributed by atoms with Gasteiger partial charge in [0.05, 0.1) is 0 Å². The van der Waals surface area contributed by atoms with Gasteiger partial charge in [-0.15, -0.1) is 0 Å². The van der Waals surface area contributed by atoms with Crippen LogP contribution in [0.3, 0.4) is 0 Å². The molecule has 0 spiro atoms. The van der Waals surface area contributed by atoms with Crippen molar-refractivity contribution in [1.29, 1.82) is 0 Å². The van der Waals surface area contributed by atoms with Gasteiger partial charge in [-0.05, 0) is 42.5 Å². The highest BCUT2D eigenvalue weighted by atomic mass is 16.5. The summed E-state index contributed by atoms with van der Waals surface area (Å²) in [5.74, 6) is 1.14. The zero-order chi connectivity index (χ0) is 14.7. The van der Waals surface area contributed by atoms with Crippen LogP contribution < -0.4 is 4.74 Å². The van der Waals surface area contributed by atoms with Crippen LogP contribution in [0.15, 0.2) is 24.3 Å². The number of fused-ring (bicyclic) bond motifs is 3. The van der Waals surface area contributed by atoms with Gasteiger partial charge in [0.1, 0.15) is 11.4 Å². The van der Waals surface area contributed by atoms with Crippen LogP contribution in [-0.2, 0) is 11.8 Å². The van der Waals surface area contributed by atoms with Gasteiger partial charge in [0.2, 0.25) is 0 Å². The average molecular weight is 268 g/mol. The smallest absolute Gasteiger partial charge is 0.128 e. The van der Waals surface area contributed by atoms with Crippen LogP contribution in [0.5, 0.6) is 5.75 Å². The molecule has 0 aromatic heterocycles. The first-order chi connectivity index (χ1) is 9.21. The summed E-state index contributed by atoms with van der Waals surface area (Å²) >= 11 is 0. The first-order valence-electron chi connectivity index (χ1n) is 7.44. The van der Waals surface area contributed by atoms with Gasteiger partial charge >= 0.3 is 0 Å². The van der Waals surface area contributed by atoms with Gasteiger partial charge in [-0.3, -0.25) is 0 Å². The third-order valence-corrected chi connectivity index (χ3v) is 4.26. The number of ether oxygens (including phenoxy) is 1. The summed E-state index contributed by atoms with van der Waals surface area (Å²) in [5, 5.41) is 2.73. The van der Waals surface area contributed by atoms with Crippen molar-refractivity contribution in [1.82, 2.24) is 0 Å². The van der Waals surface area contributed by atoms with Crippen molar-refractivity contribution in [3.8, 4) is 5.75 Å². The fourth-order valence-electron chi connectivity index (χ4n) is 3.58. The molecule has 0 amide bonds. The minimum Gasteiger partial charge on any atom is -0.487 e. The lowest BCUT2D eigenvalue weighted by atomic mass is 9.79. The van der Waals surface area contributed by atoms with Gasteiger partial charge in [-0.2, -0.15) is 0 Å². The molecule has 1 nitrogen and oxygen atoms in total. The molecule has 1 aliphatic rings. The first-order valence-corrected chi connectivity index (χ1v) is 7.44. The van der Waals surface area contributed by atoms with Gasteiger partial charge < -0.3 is 4.74 Å². The van der Waals surface area contributed by atoms with Gasteiger partial charge in [0, 0.05) is 17.5 Å². The van der Waals surface area contributed by atoms with Crippen molar-refractivity contribution >= 4 is 10.8 Å². The van der Waals surface area contributed by atoms with E-state index in [1.165, 1.54) is 27.5 Å². The van der Waals surface area contributed by atoms with E-state index in [4.69, 9.17) is 4.74 Å². The Bertz CT molecular complexity index is 687. The maximum absolute atomic E-state index is 6.34. The van der Waals surface area contributed by atoms with Crippen LogP contribution in [0.2, 0.25) is 0 Å². The monoisotopic (exact) mass is 268 g/mol. The second-order valence-corrected chi connectivity index (χ2v) is 7.64. The van der Waals surface area contributed by atoms with E-state index in [-0.39, 0.29) is 11.0 Å². The lowest BCUT2D eigenvalue weighted by molar-refractivity contribution is 0.136. The Morgan fingerprint density at radius 2 is 1.65 bits per heavy atom. The van der Waals surface area contributed by atoms with Gasteiger partial charge in [-0.25, -0.2) is 0 Å². The van der Waals surface area contributed by atoms with Crippen molar-refractivity contribution in [3.63, 3.8) is 0 Å². The topological polar surface area (TPSA) is 9.23 Å². The Labute approximate surface area is 122 Å². The third kappa shape index (κ3) is 1.91. The SMILES string of the molecule is Cc1c(C(C)(C)C)c2c(c3ccccc13)CC(C)(C)O2. The highest BCUT2D eigenvalue weighted by Crippen LogP contribution is 2.48. The van der Waals surface area contributed by atoms with E-state index >= 15 is 0 Å². The summed E-state index contributed by atoms with van der Waals surface area (Å²) in [4.78, 5) is 0. The Balaban J connectivity index is 2.44. The number of aryl methyl sites for hydroxylation is 1. The second-order valence-electron chi connectivity index (χ2n) is 7.64. The van der Waals surface area contributed by atoms with Crippen molar-refractivity contribution < 1.29 is 4.74 Å². The van der Waals surface area contributed by atoms with Crippen LogP contribution in [-0.4, -0.2) is 5.60 Å². The van der Waals surface area contributed by atoms with Crippen LogP contribution in [0, 0.1) is 6.92 Å². The molecule has 1 heteroatoms. The molecular formula is C19H24O. The number of rotatable bonds is 0. The number of hydrogen-bond acceptors (Lipinski definition) is 1. The lowest BCUT2D eigenvalue weighted by Crippen LogP contribution is -2.25. The van der Waals surface area contributed by atoms with Crippen molar-refractivity contribution in [2.45, 2.75) is 59.0 Å². The molecule has 0 radical (unpaired) electrons. The van der Waals surface area contributed by atoms with Gasteiger partial charge in [-0.1, -0.05) is 45.0 Å². The molecular weight excluding hydrogens is 244 g/mol. The highest BCUT2D eigenvalue weighted by Gasteiger charge is 2.37. The van der Waals surface area contributed by atoms with E-state index < -0.39 is 0 Å². The van der Waals surface area contributed by atoms with Crippen LogP contribution in [0.4, 0.5) is 0 Å². The van der Waals surface area contributed by atoms with E-state index in [1.54, 1.807) is 0 Å². The Kier molecular flexibility index (Phi) is 2.70. The Morgan fingerprint density at radius 1 is 1.05 bits per heavy atom. The van der Waals surface area contributed by atoms with E-state index in [0.717, 1.165) is 12.2 Å². The summed E-state index contributed by atoms with van der Waals surface area (Å²) in [6, 6.07) is 8.74. The minimum atomic E-state index is -0.0983. The second kappa shape index (κ2) is 4.00. The zero-order valence-corrected chi connectivity index (χ0v) is 13.4. The van der Waals surface area contributed by atoms with Crippen molar-refractivity contribution in [3.05, 3.63) is 41.0 Å².